The third-order valence-corrected chi connectivity index (χ3v) is 4.59. The molecule has 3 aromatic carbocycles. The van der Waals surface area contributed by atoms with Crippen molar-refractivity contribution in [2.45, 2.75) is 0 Å². The molecule has 3 rings (SSSR count). The van der Waals surface area contributed by atoms with E-state index in [0.29, 0.717) is 0 Å². The summed E-state index contributed by atoms with van der Waals surface area (Å²) in [5, 5.41) is 5.08. The molecule has 78 valence electrons. The van der Waals surface area contributed by atoms with Crippen molar-refractivity contribution in [1.82, 2.24) is 0 Å². The molecule has 3 aromatic rings. The molecule has 0 spiro atoms. The Kier molecular flexibility index (Phi) is 2.49. The van der Waals surface area contributed by atoms with E-state index < -0.39 is 0 Å². The van der Waals surface area contributed by atoms with Crippen LogP contribution in [0.25, 0.3) is 21.5 Å². The van der Waals surface area contributed by atoms with Crippen LogP contribution in [0.4, 0.5) is 0 Å². The number of hydrogen-bond acceptors (Lipinski definition) is 0. The molecule has 0 saturated carbocycles. The van der Waals surface area contributed by atoms with E-state index in [0.717, 1.165) is 8.95 Å². The monoisotopic (exact) mass is 334 g/mol. The number of rotatable bonds is 0. The lowest BCUT2D eigenvalue weighted by atomic mass is 10.0. The summed E-state index contributed by atoms with van der Waals surface area (Å²) in [7, 11) is 0. The van der Waals surface area contributed by atoms with Crippen molar-refractivity contribution in [3.8, 4) is 0 Å². The number of halogens is 2. The zero-order valence-corrected chi connectivity index (χ0v) is 11.5. The summed E-state index contributed by atoms with van der Waals surface area (Å²) in [4.78, 5) is 0. The van der Waals surface area contributed by atoms with Crippen molar-refractivity contribution < 1.29 is 0 Å². The van der Waals surface area contributed by atoms with Crippen LogP contribution in [0.2, 0.25) is 0 Å². The molecule has 0 amide bonds. The van der Waals surface area contributed by atoms with Gasteiger partial charge in [-0.3, -0.25) is 0 Å². The lowest BCUT2D eigenvalue weighted by molar-refractivity contribution is 1.66. The quantitative estimate of drug-likeness (QED) is 0.474. The van der Waals surface area contributed by atoms with Crippen LogP contribution in [0.3, 0.4) is 0 Å². The van der Waals surface area contributed by atoms with Crippen LogP contribution < -0.4 is 0 Å². The molecule has 0 saturated heterocycles. The Morgan fingerprint density at radius 1 is 0.562 bits per heavy atom. The first-order valence-electron chi connectivity index (χ1n) is 5.01. The molecule has 0 aromatic heterocycles. The Labute approximate surface area is 111 Å². The molecule has 0 nitrogen and oxygen atoms in total. The molecule has 16 heavy (non-hydrogen) atoms. The van der Waals surface area contributed by atoms with E-state index in [1.165, 1.54) is 21.5 Å². The zero-order chi connectivity index (χ0) is 11.1. The number of benzene rings is 3. The lowest BCUT2D eigenvalue weighted by Gasteiger charge is -2.04. The maximum Gasteiger partial charge on any atom is 0.0323 e. The molecule has 0 fully saturated rings. The minimum absolute atomic E-state index is 1.09. The van der Waals surface area contributed by atoms with Crippen molar-refractivity contribution in [2.24, 2.45) is 0 Å². The fourth-order valence-electron chi connectivity index (χ4n) is 1.94. The molecule has 0 aliphatic rings. The molecule has 0 bridgehead atoms. The van der Waals surface area contributed by atoms with Crippen LogP contribution >= 0.6 is 31.9 Å². The van der Waals surface area contributed by atoms with E-state index >= 15 is 0 Å². The topological polar surface area (TPSA) is 0 Å². The van der Waals surface area contributed by atoms with Crippen molar-refractivity contribution in [2.75, 3.05) is 0 Å². The smallest absolute Gasteiger partial charge is 0.0323 e. The van der Waals surface area contributed by atoms with Gasteiger partial charge in [-0.25, -0.2) is 0 Å². The minimum atomic E-state index is 1.09. The van der Waals surface area contributed by atoms with E-state index in [1.54, 1.807) is 0 Å². The predicted molar refractivity (Wildman–Crippen MR) is 76.9 cm³/mol. The molecule has 0 heterocycles. The Hall–Kier alpha value is -0.860. The first kappa shape index (κ1) is 10.3. The van der Waals surface area contributed by atoms with Gasteiger partial charge in [0.2, 0.25) is 0 Å². The summed E-state index contributed by atoms with van der Waals surface area (Å²) in [5.41, 5.74) is 0. The third-order valence-electron chi connectivity index (χ3n) is 2.74. The van der Waals surface area contributed by atoms with Crippen LogP contribution in [-0.2, 0) is 0 Å². The second kappa shape index (κ2) is 3.86. The van der Waals surface area contributed by atoms with E-state index in [4.69, 9.17) is 0 Å². The van der Waals surface area contributed by atoms with Crippen LogP contribution in [0.15, 0.2) is 57.5 Å². The molecular weight excluding hydrogens is 328 g/mol. The van der Waals surface area contributed by atoms with Crippen LogP contribution in [0.5, 0.6) is 0 Å². The van der Waals surface area contributed by atoms with E-state index in [-0.39, 0.29) is 0 Å². The second-order valence-corrected chi connectivity index (χ2v) is 5.52. The molecule has 2 heteroatoms. The Morgan fingerprint density at radius 2 is 1.00 bits per heavy atom. The average Bonchev–Trinajstić information content (AvgIpc) is 2.28. The van der Waals surface area contributed by atoms with Crippen molar-refractivity contribution in [3.63, 3.8) is 0 Å². The highest BCUT2D eigenvalue weighted by Crippen LogP contribution is 2.31. The second-order valence-electron chi connectivity index (χ2n) is 3.81. The molecule has 0 radical (unpaired) electrons. The van der Waals surface area contributed by atoms with Gasteiger partial charge >= 0.3 is 0 Å². The molecule has 0 N–H and O–H groups in total. The molecule has 0 aliphatic carbocycles. The zero-order valence-electron chi connectivity index (χ0n) is 8.37. The van der Waals surface area contributed by atoms with Crippen molar-refractivity contribution >= 4 is 53.4 Å². The highest BCUT2D eigenvalue weighted by Gasteiger charge is 2.01. The standard InChI is InChI=1S/C14H8Br2/c15-13-7-11-5-9-3-1-2-4-10(9)6-12(11)8-14(13)16/h1-8H. The van der Waals surface area contributed by atoms with Gasteiger partial charge in [0.1, 0.15) is 0 Å². The summed E-state index contributed by atoms with van der Waals surface area (Å²) in [6.45, 7) is 0. The van der Waals surface area contributed by atoms with Crippen molar-refractivity contribution in [1.29, 1.82) is 0 Å². The summed E-state index contributed by atoms with van der Waals surface area (Å²) in [6.07, 6.45) is 0. The summed E-state index contributed by atoms with van der Waals surface area (Å²) in [6, 6.07) is 17.2. The first-order valence-corrected chi connectivity index (χ1v) is 6.60. The summed E-state index contributed by atoms with van der Waals surface area (Å²) in [5.74, 6) is 0. The highest BCUT2D eigenvalue weighted by atomic mass is 79.9. The van der Waals surface area contributed by atoms with Crippen molar-refractivity contribution in [3.05, 3.63) is 57.5 Å². The van der Waals surface area contributed by atoms with Gasteiger partial charge in [0.05, 0.1) is 0 Å². The number of hydrogen-bond donors (Lipinski definition) is 0. The van der Waals surface area contributed by atoms with E-state index in [2.05, 4.69) is 80.4 Å². The van der Waals surface area contributed by atoms with Gasteiger partial charge in [-0.2, -0.15) is 0 Å². The Bertz CT molecular complexity index is 627. The highest BCUT2D eigenvalue weighted by molar-refractivity contribution is 9.13. The van der Waals surface area contributed by atoms with E-state index in [9.17, 15) is 0 Å². The minimum Gasteiger partial charge on any atom is -0.0616 e. The van der Waals surface area contributed by atoms with Gasteiger partial charge in [-0.15, -0.1) is 0 Å². The SMILES string of the molecule is Brc1cc2cc3ccccc3cc2cc1Br. The Balaban J connectivity index is 2.46. The predicted octanol–water partition coefficient (Wildman–Crippen LogP) is 5.52. The van der Waals surface area contributed by atoms with Crippen LogP contribution in [-0.4, -0.2) is 0 Å². The summed E-state index contributed by atoms with van der Waals surface area (Å²) >= 11 is 7.07. The van der Waals surface area contributed by atoms with Crippen LogP contribution in [0, 0.1) is 0 Å². The lowest BCUT2D eigenvalue weighted by Crippen LogP contribution is -1.77. The fraction of sp³-hybridized carbons (Fsp3) is 0. The molecular formula is C14H8Br2. The van der Waals surface area contributed by atoms with E-state index in [1.807, 2.05) is 0 Å². The van der Waals surface area contributed by atoms with Gasteiger partial charge in [0, 0.05) is 8.95 Å². The number of fused-ring (bicyclic) bond motifs is 2. The van der Waals surface area contributed by atoms with Gasteiger partial charge in [-0.1, -0.05) is 24.3 Å². The summed E-state index contributed by atoms with van der Waals surface area (Å²) < 4.78 is 2.19. The van der Waals surface area contributed by atoms with Crippen LogP contribution in [0.1, 0.15) is 0 Å². The fourth-order valence-corrected chi connectivity index (χ4v) is 2.66. The normalized spacial score (nSPS) is 11.1. The Morgan fingerprint density at radius 3 is 1.44 bits per heavy atom. The van der Waals surface area contributed by atoms with Gasteiger partial charge in [0.15, 0.2) is 0 Å². The first-order chi connectivity index (χ1) is 7.74. The average molecular weight is 336 g/mol. The largest absolute Gasteiger partial charge is 0.0616 e. The maximum absolute atomic E-state index is 3.53. The molecule has 0 aliphatic heterocycles. The van der Waals surface area contributed by atoms with Gasteiger partial charge in [0.25, 0.3) is 0 Å². The van der Waals surface area contributed by atoms with Gasteiger partial charge < -0.3 is 0 Å². The molecule has 0 unspecified atom stereocenters. The maximum atomic E-state index is 3.53. The molecule has 0 atom stereocenters. The van der Waals surface area contributed by atoms with Gasteiger partial charge in [-0.05, 0) is 77.7 Å². The third kappa shape index (κ3) is 1.66.